The van der Waals surface area contributed by atoms with Crippen LogP contribution in [-0.4, -0.2) is 30.4 Å². The molecule has 0 aromatic rings. The highest BCUT2D eigenvalue weighted by molar-refractivity contribution is 8.03. The first-order chi connectivity index (χ1) is 7.31. The molecule has 2 unspecified atom stereocenters. The van der Waals surface area contributed by atoms with E-state index < -0.39 is 0 Å². The summed E-state index contributed by atoms with van der Waals surface area (Å²) in [5, 5.41) is 3.33. The van der Waals surface area contributed by atoms with Crippen molar-refractivity contribution < 1.29 is 9.53 Å². The SMILES string of the molecule is CCOC(=O)C1CSC2=CC=CCC2N1. The molecule has 0 aromatic heterocycles. The van der Waals surface area contributed by atoms with Crippen molar-refractivity contribution in [2.75, 3.05) is 12.4 Å². The summed E-state index contributed by atoms with van der Waals surface area (Å²) in [6.45, 7) is 2.29. The number of hydrogen-bond donors (Lipinski definition) is 1. The first kappa shape index (κ1) is 10.8. The molecule has 1 heterocycles. The minimum absolute atomic E-state index is 0.126. The summed E-state index contributed by atoms with van der Waals surface area (Å²) in [5.41, 5.74) is 0. The summed E-state index contributed by atoms with van der Waals surface area (Å²) >= 11 is 1.76. The molecule has 3 nitrogen and oxygen atoms in total. The molecule has 82 valence electrons. The number of allylic oxidation sites excluding steroid dienone is 2. The number of fused-ring (bicyclic) bond motifs is 1. The lowest BCUT2D eigenvalue weighted by molar-refractivity contribution is -0.145. The second-order valence-electron chi connectivity index (χ2n) is 3.57. The van der Waals surface area contributed by atoms with E-state index in [1.54, 1.807) is 11.8 Å². The van der Waals surface area contributed by atoms with Crippen LogP contribution in [0.3, 0.4) is 0 Å². The van der Waals surface area contributed by atoms with E-state index in [1.165, 1.54) is 4.91 Å². The van der Waals surface area contributed by atoms with Crippen LogP contribution in [-0.2, 0) is 9.53 Å². The number of nitrogens with one attached hydrogen (secondary N) is 1. The minimum atomic E-state index is -0.149. The van der Waals surface area contributed by atoms with Crippen LogP contribution in [0.2, 0.25) is 0 Å². The molecule has 2 aliphatic rings. The molecule has 0 spiro atoms. The lowest BCUT2D eigenvalue weighted by Gasteiger charge is -2.32. The van der Waals surface area contributed by atoms with E-state index in [2.05, 4.69) is 23.5 Å². The summed E-state index contributed by atoms with van der Waals surface area (Å²) in [7, 11) is 0. The third-order valence-electron chi connectivity index (χ3n) is 2.50. The van der Waals surface area contributed by atoms with Gasteiger partial charge in [-0.15, -0.1) is 11.8 Å². The van der Waals surface area contributed by atoms with Crippen LogP contribution < -0.4 is 5.32 Å². The highest BCUT2D eigenvalue weighted by Crippen LogP contribution is 2.30. The Bertz CT molecular complexity index is 312. The number of thioether (sulfide) groups is 1. The Morgan fingerprint density at radius 3 is 3.40 bits per heavy atom. The zero-order valence-corrected chi connectivity index (χ0v) is 9.55. The maximum absolute atomic E-state index is 11.5. The Hall–Kier alpha value is -0.740. The van der Waals surface area contributed by atoms with Crippen LogP contribution in [0.25, 0.3) is 0 Å². The first-order valence-electron chi connectivity index (χ1n) is 5.23. The molecule has 1 fully saturated rings. The molecule has 15 heavy (non-hydrogen) atoms. The van der Waals surface area contributed by atoms with Gasteiger partial charge >= 0.3 is 5.97 Å². The molecule has 1 saturated heterocycles. The summed E-state index contributed by atoms with van der Waals surface area (Å²) in [4.78, 5) is 12.9. The zero-order chi connectivity index (χ0) is 10.7. The molecule has 1 aliphatic carbocycles. The molecule has 0 amide bonds. The second kappa shape index (κ2) is 4.86. The second-order valence-corrected chi connectivity index (χ2v) is 4.66. The predicted octanol–water partition coefficient (Wildman–Crippen LogP) is 1.47. The van der Waals surface area contributed by atoms with Crippen LogP contribution in [0, 0.1) is 0 Å². The van der Waals surface area contributed by atoms with Gasteiger partial charge in [0.05, 0.1) is 6.61 Å². The lowest BCUT2D eigenvalue weighted by atomic mass is 10.1. The van der Waals surface area contributed by atoms with Crippen molar-refractivity contribution in [3.8, 4) is 0 Å². The molecule has 2 atom stereocenters. The maximum Gasteiger partial charge on any atom is 0.324 e. The molecule has 0 radical (unpaired) electrons. The topological polar surface area (TPSA) is 38.3 Å². The fraction of sp³-hybridized carbons (Fsp3) is 0.545. The average molecular weight is 225 g/mol. The van der Waals surface area contributed by atoms with E-state index in [0.717, 1.165) is 12.2 Å². The van der Waals surface area contributed by atoms with Gasteiger partial charge in [-0.05, 0) is 13.3 Å². The summed E-state index contributed by atoms with van der Waals surface area (Å²) < 4.78 is 5.01. The van der Waals surface area contributed by atoms with Gasteiger partial charge in [0.25, 0.3) is 0 Å². The van der Waals surface area contributed by atoms with E-state index in [-0.39, 0.29) is 12.0 Å². The predicted molar refractivity (Wildman–Crippen MR) is 61.6 cm³/mol. The van der Waals surface area contributed by atoms with E-state index in [1.807, 2.05) is 6.92 Å². The third kappa shape index (κ3) is 2.44. The Morgan fingerprint density at radius 1 is 1.73 bits per heavy atom. The van der Waals surface area contributed by atoms with Gasteiger partial charge < -0.3 is 4.74 Å². The molecular weight excluding hydrogens is 210 g/mol. The normalized spacial score (nSPS) is 29.3. The standard InChI is InChI=1S/C11H15NO2S/c1-2-14-11(13)9-7-15-10-6-4-3-5-8(10)12-9/h3-4,6,8-9,12H,2,5,7H2,1H3. The minimum Gasteiger partial charge on any atom is -0.465 e. The zero-order valence-electron chi connectivity index (χ0n) is 8.73. The number of carbonyl (C=O) groups is 1. The van der Waals surface area contributed by atoms with Gasteiger partial charge in [-0.3, -0.25) is 10.1 Å². The van der Waals surface area contributed by atoms with Gasteiger partial charge in [0.1, 0.15) is 6.04 Å². The molecule has 1 N–H and O–H groups in total. The van der Waals surface area contributed by atoms with Crippen molar-refractivity contribution in [3.05, 3.63) is 23.1 Å². The highest BCUT2D eigenvalue weighted by atomic mass is 32.2. The molecule has 0 aromatic carbocycles. The van der Waals surface area contributed by atoms with Gasteiger partial charge in [0.2, 0.25) is 0 Å². The average Bonchev–Trinajstić information content (AvgIpc) is 2.29. The fourth-order valence-corrected chi connectivity index (χ4v) is 2.89. The third-order valence-corrected chi connectivity index (χ3v) is 3.76. The van der Waals surface area contributed by atoms with Crippen LogP contribution in [0.1, 0.15) is 13.3 Å². The van der Waals surface area contributed by atoms with Crippen molar-refractivity contribution in [1.29, 1.82) is 0 Å². The van der Waals surface area contributed by atoms with Gasteiger partial charge in [-0.25, -0.2) is 0 Å². The molecule has 1 aliphatic heterocycles. The summed E-state index contributed by atoms with van der Waals surface area (Å²) in [6.07, 6.45) is 7.28. The number of hydrogen-bond acceptors (Lipinski definition) is 4. The molecule has 4 heteroatoms. The quantitative estimate of drug-likeness (QED) is 0.722. The Labute approximate surface area is 93.9 Å². The first-order valence-corrected chi connectivity index (χ1v) is 6.22. The van der Waals surface area contributed by atoms with E-state index in [9.17, 15) is 4.79 Å². The molecule has 2 rings (SSSR count). The van der Waals surface area contributed by atoms with E-state index >= 15 is 0 Å². The van der Waals surface area contributed by atoms with Crippen LogP contribution in [0.5, 0.6) is 0 Å². The number of rotatable bonds is 2. The Balaban J connectivity index is 1.96. The van der Waals surface area contributed by atoms with Gasteiger partial charge in [0, 0.05) is 16.7 Å². The van der Waals surface area contributed by atoms with Gasteiger partial charge in [-0.2, -0.15) is 0 Å². The number of carbonyl (C=O) groups excluding carboxylic acids is 1. The fourth-order valence-electron chi connectivity index (χ4n) is 1.76. The van der Waals surface area contributed by atoms with Crippen LogP contribution >= 0.6 is 11.8 Å². The summed E-state index contributed by atoms with van der Waals surface area (Å²) in [6, 6.07) is 0.159. The number of esters is 1. The van der Waals surface area contributed by atoms with Gasteiger partial charge in [-0.1, -0.05) is 18.2 Å². The van der Waals surface area contributed by atoms with Crippen molar-refractivity contribution >= 4 is 17.7 Å². The largest absolute Gasteiger partial charge is 0.465 e. The smallest absolute Gasteiger partial charge is 0.324 e. The number of ether oxygens (including phenoxy) is 1. The molecular formula is C11H15NO2S. The van der Waals surface area contributed by atoms with Crippen LogP contribution in [0.4, 0.5) is 0 Å². The molecule has 0 bridgehead atoms. The van der Waals surface area contributed by atoms with E-state index in [0.29, 0.717) is 12.6 Å². The Kier molecular flexibility index (Phi) is 3.49. The monoisotopic (exact) mass is 225 g/mol. The van der Waals surface area contributed by atoms with Crippen LogP contribution in [0.15, 0.2) is 23.1 Å². The van der Waals surface area contributed by atoms with Gasteiger partial charge in [0.15, 0.2) is 0 Å². The lowest BCUT2D eigenvalue weighted by Crippen LogP contribution is -2.49. The van der Waals surface area contributed by atoms with Crippen molar-refractivity contribution in [3.63, 3.8) is 0 Å². The van der Waals surface area contributed by atoms with Crippen molar-refractivity contribution in [1.82, 2.24) is 5.32 Å². The van der Waals surface area contributed by atoms with Crippen molar-refractivity contribution in [2.45, 2.75) is 25.4 Å². The summed E-state index contributed by atoms with van der Waals surface area (Å²) in [5.74, 6) is 0.647. The molecule has 0 saturated carbocycles. The highest BCUT2D eigenvalue weighted by Gasteiger charge is 2.30. The van der Waals surface area contributed by atoms with Crippen molar-refractivity contribution in [2.24, 2.45) is 0 Å². The maximum atomic E-state index is 11.5. The Morgan fingerprint density at radius 2 is 2.60 bits per heavy atom. The van der Waals surface area contributed by atoms with E-state index in [4.69, 9.17) is 4.74 Å².